The zero-order valence-electron chi connectivity index (χ0n) is 19.8. The first kappa shape index (κ1) is 19.6. The second kappa shape index (κ2) is 7.00. The molecule has 0 aliphatic carbocycles. The smallest absolute Gasteiger partial charge is 0.0548 e. The molecule has 0 spiro atoms. The van der Waals surface area contributed by atoms with E-state index in [0.717, 1.165) is 0 Å². The molecule has 6 aromatic carbocycles. The van der Waals surface area contributed by atoms with Crippen LogP contribution in [0.5, 0.6) is 0 Å². The minimum Gasteiger partial charge on any atom is -0.354 e. The first-order chi connectivity index (χ1) is 18.3. The van der Waals surface area contributed by atoms with Crippen molar-refractivity contribution >= 4 is 85.9 Å². The molecule has 2 nitrogen and oxygen atoms in total. The van der Waals surface area contributed by atoms with Crippen LogP contribution in [0.1, 0.15) is 0 Å². The summed E-state index contributed by atoms with van der Waals surface area (Å²) < 4.78 is 5.12. The Morgan fingerprint density at radius 3 is 2.22 bits per heavy atom. The van der Waals surface area contributed by atoms with E-state index in [1.54, 1.807) is 0 Å². The molecule has 0 aliphatic heterocycles. The summed E-state index contributed by atoms with van der Waals surface area (Å²) >= 11 is 1.90. The summed E-state index contributed by atoms with van der Waals surface area (Å²) in [5.41, 5.74) is 6.04. The molecular formula is C34H20N2S. The van der Waals surface area contributed by atoms with Crippen molar-refractivity contribution in [3.05, 3.63) is 115 Å². The van der Waals surface area contributed by atoms with Gasteiger partial charge in [0.1, 0.15) is 0 Å². The Hall–Kier alpha value is -4.60. The Labute approximate surface area is 216 Å². The lowest BCUT2D eigenvalue weighted by Gasteiger charge is -2.08. The van der Waals surface area contributed by atoms with Crippen LogP contribution >= 0.6 is 11.3 Å². The number of para-hydroxylation sites is 2. The van der Waals surface area contributed by atoms with Crippen LogP contribution in [0.4, 0.5) is 0 Å². The van der Waals surface area contributed by atoms with Crippen molar-refractivity contribution in [2.75, 3.05) is 0 Å². The molecule has 9 rings (SSSR count). The lowest BCUT2D eigenvalue weighted by Crippen LogP contribution is -1.92. The highest BCUT2D eigenvalue weighted by Crippen LogP contribution is 2.45. The second-order valence-electron chi connectivity index (χ2n) is 9.85. The summed E-state index contributed by atoms with van der Waals surface area (Å²) in [7, 11) is 0. The molecule has 9 aromatic rings. The van der Waals surface area contributed by atoms with Gasteiger partial charge in [-0.2, -0.15) is 0 Å². The fraction of sp³-hybridized carbons (Fsp3) is 0. The average Bonchev–Trinajstić information content (AvgIpc) is 3.61. The summed E-state index contributed by atoms with van der Waals surface area (Å²) in [4.78, 5) is 3.66. The molecular weight excluding hydrogens is 468 g/mol. The monoisotopic (exact) mass is 488 g/mol. The van der Waals surface area contributed by atoms with E-state index in [0.29, 0.717) is 0 Å². The first-order valence-corrected chi connectivity index (χ1v) is 13.4. The Kier molecular flexibility index (Phi) is 3.70. The fourth-order valence-electron chi connectivity index (χ4n) is 6.34. The largest absolute Gasteiger partial charge is 0.354 e. The maximum atomic E-state index is 3.66. The summed E-state index contributed by atoms with van der Waals surface area (Å²) in [5, 5.41) is 10.5. The van der Waals surface area contributed by atoms with Gasteiger partial charge in [0.05, 0.1) is 11.0 Å². The van der Waals surface area contributed by atoms with Gasteiger partial charge in [0.2, 0.25) is 0 Å². The van der Waals surface area contributed by atoms with Gasteiger partial charge in [-0.1, -0.05) is 66.7 Å². The number of hydrogen-bond acceptors (Lipinski definition) is 1. The maximum Gasteiger partial charge on any atom is 0.0548 e. The van der Waals surface area contributed by atoms with E-state index in [4.69, 9.17) is 0 Å². The highest BCUT2D eigenvalue weighted by atomic mass is 32.1. The second-order valence-corrected chi connectivity index (χ2v) is 10.9. The Morgan fingerprint density at radius 2 is 1.30 bits per heavy atom. The van der Waals surface area contributed by atoms with Crippen LogP contribution in [-0.4, -0.2) is 9.55 Å². The van der Waals surface area contributed by atoms with Gasteiger partial charge in [0.15, 0.2) is 0 Å². The molecule has 0 saturated heterocycles. The Balaban J connectivity index is 1.55. The molecule has 3 aromatic heterocycles. The van der Waals surface area contributed by atoms with Crippen molar-refractivity contribution in [1.29, 1.82) is 0 Å². The van der Waals surface area contributed by atoms with E-state index in [9.17, 15) is 0 Å². The van der Waals surface area contributed by atoms with Crippen molar-refractivity contribution in [2.24, 2.45) is 0 Å². The molecule has 0 radical (unpaired) electrons. The number of rotatable bonds is 1. The minimum atomic E-state index is 1.18. The van der Waals surface area contributed by atoms with Crippen molar-refractivity contribution in [2.45, 2.75) is 0 Å². The molecule has 0 saturated carbocycles. The third-order valence-electron chi connectivity index (χ3n) is 7.89. The van der Waals surface area contributed by atoms with Crippen LogP contribution in [0.15, 0.2) is 115 Å². The van der Waals surface area contributed by atoms with Crippen LogP contribution in [0.2, 0.25) is 0 Å². The normalized spacial score (nSPS) is 12.3. The van der Waals surface area contributed by atoms with E-state index in [1.165, 1.54) is 80.2 Å². The molecule has 0 bridgehead atoms. The van der Waals surface area contributed by atoms with E-state index in [1.807, 2.05) is 11.3 Å². The average molecular weight is 489 g/mol. The molecule has 0 unspecified atom stereocenters. The van der Waals surface area contributed by atoms with Crippen molar-refractivity contribution < 1.29 is 0 Å². The summed E-state index contributed by atoms with van der Waals surface area (Å²) in [5.74, 6) is 0. The van der Waals surface area contributed by atoms with Crippen LogP contribution in [0.3, 0.4) is 0 Å². The first-order valence-electron chi connectivity index (χ1n) is 12.6. The zero-order chi connectivity index (χ0) is 24.1. The van der Waals surface area contributed by atoms with Gasteiger partial charge in [-0.3, -0.25) is 0 Å². The highest BCUT2D eigenvalue weighted by Gasteiger charge is 2.19. The van der Waals surface area contributed by atoms with Crippen molar-refractivity contribution in [3.63, 3.8) is 0 Å². The molecule has 0 fully saturated rings. The van der Waals surface area contributed by atoms with Gasteiger partial charge in [0.25, 0.3) is 0 Å². The fourth-order valence-corrected chi connectivity index (χ4v) is 7.48. The lowest BCUT2D eigenvalue weighted by atomic mass is 10.0. The van der Waals surface area contributed by atoms with Gasteiger partial charge in [-0.05, 0) is 59.3 Å². The molecule has 0 aliphatic rings. The summed E-state index contributed by atoms with van der Waals surface area (Å²) in [6, 6.07) is 42.1. The molecule has 1 N–H and O–H groups in total. The van der Waals surface area contributed by atoms with E-state index in [2.05, 4.69) is 125 Å². The van der Waals surface area contributed by atoms with Gasteiger partial charge in [0, 0.05) is 58.4 Å². The topological polar surface area (TPSA) is 20.7 Å². The number of thiophene rings is 1. The number of aromatic amines is 1. The maximum absolute atomic E-state index is 3.66. The van der Waals surface area contributed by atoms with E-state index < -0.39 is 0 Å². The minimum absolute atomic E-state index is 1.18. The molecule has 0 atom stereocenters. The quantitative estimate of drug-likeness (QED) is 0.237. The number of nitrogens with zero attached hydrogens (tertiary/aromatic N) is 1. The zero-order valence-corrected chi connectivity index (χ0v) is 20.6. The molecule has 3 heteroatoms. The van der Waals surface area contributed by atoms with Gasteiger partial charge < -0.3 is 9.55 Å². The SMILES string of the molecule is c1ccc(-n2c3cc4c(cc3c3c5c(ccc32)[nH]c2ccccc25)sc2ccc3ccccc3c24)cc1. The molecule has 172 valence electrons. The van der Waals surface area contributed by atoms with Crippen LogP contribution in [-0.2, 0) is 0 Å². The predicted molar refractivity (Wildman–Crippen MR) is 161 cm³/mol. The molecule has 0 amide bonds. The van der Waals surface area contributed by atoms with Gasteiger partial charge >= 0.3 is 0 Å². The number of aromatic nitrogens is 2. The number of nitrogens with one attached hydrogen (secondary N) is 1. The number of fused-ring (bicyclic) bond motifs is 12. The molecule has 3 heterocycles. The molecule has 37 heavy (non-hydrogen) atoms. The van der Waals surface area contributed by atoms with Gasteiger partial charge in [-0.15, -0.1) is 11.3 Å². The van der Waals surface area contributed by atoms with E-state index >= 15 is 0 Å². The Morgan fingerprint density at radius 1 is 0.486 bits per heavy atom. The Bertz CT molecular complexity index is 2350. The highest BCUT2D eigenvalue weighted by molar-refractivity contribution is 7.26. The third kappa shape index (κ3) is 2.54. The number of benzene rings is 6. The van der Waals surface area contributed by atoms with Crippen molar-refractivity contribution in [3.8, 4) is 5.69 Å². The van der Waals surface area contributed by atoms with Crippen LogP contribution < -0.4 is 0 Å². The summed E-state index contributed by atoms with van der Waals surface area (Å²) in [6.45, 7) is 0. The third-order valence-corrected chi connectivity index (χ3v) is 9.01. The van der Waals surface area contributed by atoms with E-state index in [-0.39, 0.29) is 0 Å². The summed E-state index contributed by atoms with van der Waals surface area (Å²) in [6.07, 6.45) is 0. The van der Waals surface area contributed by atoms with Crippen LogP contribution in [0, 0.1) is 0 Å². The van der Waals surface area contributed by atoms with Gasteiger partial charge in [-0.25, -0.2) is 0 Å². The van der Waals surface area contributed by atoms with Crippen molar-refractivity contribution in [1.82, 2.24) is 9.55 Å². The predicted octanol–water partition coefficient (Wildman–Crippen LogP) is 9.94. The lowest BCUT2D eigenvalue weighted by molar-refractivity contribution is 1.18. The number of H-pyrrole nitrogens is 1. The standard InChI is InChI=1S/C34H20N2S/c1-2-9-21(10-3-1)36-28-16-15-27-33(23-12-6-7-13-26(23)35-27)34(28)24-19-31-25(18-29(24)36)32-22-11-5-4-8-20(22)14-17-30(32)37-31/h1-19,35H. The van der Waals surface area contributed by atoms with Crippen LogP contribution in [0.25, 0.3) is 80.2 Å². The number of hydrogen-bond donors (Lipinski definition) is 1.